The topological polar surface area (TPSA) is 74.3 Å². The summed E-state index contributed by atoms with van der Waals surface area (Å²) in [6, 6.07) is -0.341. The summed E-state index contributed by atoms with van der Waals surface area (Å²) < 4.78 is 0. The quantitative estimate of drug-likeness (QED) is 0.879. The van der Waals surface area contributed by atoms with Gasteiger partial charge in [0, 0.05) is 31.4 Å². The number of carbonyl (C=O) groups excluding carboxylic acids is 2. The minimum atomic E-state index is -0.341. The van der Waals surface area contributed by atoms with Crippen LogP contribution in [0.1, 0.15) is 34.3 Å². The van der Waals surface area contributed by atoms with Gasteiger partial charge in [0.15, 0.2) is 0 Å². The number of nitrogens with one attached hydrogen (secondary N) is 2. The number of thiazole rings is 1. The number of nitrogens with zero attached hydrogens (tertiary/aromatic N) is 2. The Morgan fingerprint density at radius 3 is 2.95 bits per heavy atom. The van der Waals surface area contributed by atoms with Gasteiger partial charge in [0.2, 0.25) is 5.91 Å². The van der Waals surface area contributed by atoms with E-state index in [1.54, 1.807) is 23.3 Å². The van der Waals surface area contributed by atoms with Gasteiger partial charge in [-0.25, -0.2) is 9.78 Å². The number of fused-ring (bicyclic) bond motifs is 1. The molecule has 116 valence electrons. The van der Waals surface area contributed by atoms with Crippen molar-refractivity contribution in [2.75, 3.05) is 27.2 Å². The van der Waals surface area contributed by atoms with Crippen molar-refractivity contribution >= 4 is 23.3 Å². The van der Waals surface area contributed by atoms with E-state index in [9.17, 15) is 9.59 Å². The second kappa shape index (κ2) is 6.89. The zero-order chi connectivity index (χ0) is 15.4. The van der Waals surface area contributed by atoms with Crippen LogP contribution < -0.4 is 10.6 Å². The Labute approximate surface area is 128 Å². The monoisotopic (exact) mass is 310 g/mol. The molecule has 0 bridgehead atoms. The number of amides is 3. The lowest BCUT2D eigenvalue weighted by atomic mass is 9.90. The van der Waals surface area contributed by atoms with Gasteiger partial charge in [-0.15, -0.1) is 11.3 Å². The van der Waals surface area contributed by atoms with Crippen molar-refractivity contribution in [3.8, 4) is 0 Å². The highest BCUT2D eigenvalue weighted by Gasteiger charge is 2.26. The van der Waals surface area contributed by atoms with Crippen molar-refractivity contribution in [2.45, 2.75) is 32.1 Å². The molecule has 0 saturated heterocycles. The summed E-state index contributed by atoms with van der Waals surface area (Å²) >= 11 is 1.77. The van der Waals surface area contributed by atoms with E-state index in [0.717, 1.165) is 24.3 Å². The van der Waals surface area contributed by atoms with Crippen LogP contribution in [0.2, 0.25) is 0 Å². The van der Waals surface area contributed by atoms with Crippen molar-refractivity contribution < 1.29 is 9.59 Å². The molecule has 1 aromatic heterocycles. The molecule has 2 N–H and O–H groups in total. The van der Waals surface area contributed by atoms with Gasteiger partial charge in [0.05, 0.1) is 17.2 Å². The largest absolute Gasteiger partial charge is 0.344 e. The molecule has 1 aromatic rings. The molecule has 0 saturated carbocycles. The molecule has 1 unspecified atom stereocenters. The molecule has 7 heteroatoms. The van der Waals surface area contributed by atoms with E-state index in [1.807, 2.05) is 6.92 Å². The highest BCUT2D eigenvalue weighted by Crippen LogP contribution is 2.34. The van der Waals surface area contributed by atoms with Crippen LogP contribution in [0.5, 0.6) is 0 Å². The molecule has 0 aromatic carbocycles. The van der Waals surface area contributed by atoms with Crippen LogP contribution in [0, 0.1) is 6.92 Å². The first-order chi connectivity index (χ1) is 10.0. The van der Waals surface area contributed by atoms with Crippen LogP contribution in [0.25, 0.3) is 0 Å². The van der Waals surface area contributed by atoms with E-state index in [-0.39, 0.29) is 18.5 Å². The zero-order valence-electron chi connectivity index (χ0n) is 12.7. The Bertz CT molecular complexity index is 529. The maximum absolute atomic E-state index is 12.0. The first-order valence-electron chi connectivity index (χ1n) is 7.17. The lowest BCUT2D eigenvalue weighted by molar-refractivity contribution is -0.129. The van der Waals surface area contributed by atoms with Crippen LogP contribution in [0.15, 0.2) is 0 Å². The van der Waals surface area contributed by atoms with Crippen LogP contribution in [0.3, 0.4) is 0 Å². The van der Waals surface area contributed by atoms with Crippen molar-refractivity contribution in [3.63, 3.8) is 0 Å². The second-order valence-corrected chi connectivity index (χ2v) is 6.63. The fourth-order valence-corrected chi connectivity index (χ4v) is 3.68. The van der Waals surface area contributed by atoms with Gasteiger partial charge < -0.3 is 15.5 Å². The minimum absolute atomic E-state index is 0.0197. The molecule has 1 aliphatic carbocycles. The Kier molecular flexibility index (Phi) is 5.17. The zero-order valence-corrected chi connectivity index (χ0v) is 13.5. The van der Waals surface area contributed by atoms with E-state index in [4.69, 9.17) is 0 Å². The van der Waals surface area contributed by atoms with E-state index in [1.165, 1.54) is 17.6 Å². The average Bonchev–Trinajstić information content (AvgIpc) is 2.85. The van der Waals surface area contributed by atoms with Gasteiger partial charge in [-0.3, -0.25) is 4.79 Å². The van der Waals surface area contributed by atoms with Crippen LogP contribution in [0.4, 0.5) is 4.79 Å². The number of likely N-dealkylation sites (N-methyl/N-ethyl adjacent to an activating group) is 1. The maximum Gasteiger partial charge on any atom is 0.314 e. The third-order valence-electron chi connectivity index (χ3n) is 3.72. The number of aryl methyl sites for hydroxylation is 2. The van der Waals surface area contributed by atoms with Crippen molar-refractivity contribution in [1.82, 2.24) is 20.5 Å². The molecular weight excluding hydrogens is 288 g/mol. The Hall–Kier alpha value is -1.63. The van der Waals surface area contributed by atoms with Gasteiger partial charge in [-0.2, -0.15) is 0 Å². The summed E-state index contributed by atoms with van der Waals surface area (Å²) in [7, 11) is 3.30. The van der Waals surface area contributed by atoms with Gasteiger partial charge >= 0.3 is 6.03 Å². The molecule has 21 heavy (non-hydrogen) atoms. The maximum atomic E-state index is 12.0. The minimum Gasteiger partial charge on any atom is -0.344 e. The molecule has 0 radical (unpaired) electrons. The molecular formula is C14H22N4O2S. The molecule has 1 atom stereocenters. The molecule has 0 aliphatic heterocycles. The second-order valence-electron chi connectivity index (χ2n) is 5.34. The number of rotatable bonds is 4. The fourth-order valence-electron chi connectivity index (χ4n) is 2.62. The van der Waals surface area contributed by atoms with Crippen LogP contribution in [-0.2, 0) is 11.2 Å². The number of urea groups is 1. The average molecular weight is 310 g/mol. The molecule has 0 fully saturated rings. The summed E-state index contributed by atoms with van der Waals surface area (Å²) in [5.74, 6) is 0.227. The Morgan fingerprint density at radius 1 is 1.48 bits per heavy atom. The van der Waals surface area contributed by atoms with Crippen LogP contribution >= 0.6 is 11.3 Å². The number of aromatic nitrogens is 1. The third-order valence-corrected chi connectivity index (χ3v) is 4.77. The Balaban J connectivity index is 1.92. The van der Waals surface area contributed by atoms with Gasteiger partial charge in [-0.1, -0.05) is 0 Å². The lowest BCUT2D eigenvalue weighted by Crippen LogP contribution is -2.42. The van der Waals surface area contributed by atoms with Crippen molar-refractivity contribution in [1.29, 1.82) is 0 Å². The van der Waals surface area contributed by atoms with E-state index >= 15 is 0 Å². The predicted molar refractivity (Wildman–Crippen MR) is 82.6 cm³/mol. The predicted octanol–water partition coefficient (Wildman–Crippen LogP) is 1.26. The van der Waals surface area contributed by atoms with Crippen molar-refractivity contribution in [2.24, 2.45) is 0 Å². The van der Waals surface area contributed by atoms with Gasteiger partial charge in [-0.05, 0) is 26.2 Å². The smallest absolute Gasteiger partial charge is 0.314 e. The van der Waals surface area contributed by atoms with Gasteiger partial charge in [0.25, 0.3) is 0 Å². The normalized spacial score (nSPS) is 17.0. The summed E-state index contributed by atoms with van der Waals surface area (Å²) in [5, 5.41) is 6.04. The molecule has 0 spiro atoms. The standard InChI is InChI=1S/C14H22N4O2S/c1-9-17-13-10(5-4-6-11(13)21-9)8-18(3)12(19)7-16-14(20)15-2/h10H,4-8H2,1-3H3,(H2,15,16,20). The van der Waals surface area contributed by atoms with E-state index in [0.29, 0.717) is 12.5 Å². The SMILES string of the molecule is CNC(=O)NCC(=O)N(C)CC1CCCc2sc(C)nc21. The van der Waals surface area contributed by atoms with Gasteiger partial charge in [0.1, 0.15) is 0 Å². The Morgan fingerprint density at radius 2 is 2.24 bits per heavy atom. The molecule has 1 aliphatic rings. The highest BCUT2D eigenvalue weighted by molar-refractivity contribution is 7.11. The first-order valence-corrected chi connectivity index (χ1v) is 7.98. The third kappa shape index (κ3) is 3.93. The van der Waals surface area contributed by atoms with E-state index in [2.05, 4.69) is 15.6 Å². The summed E-state index contributed by atoms with van der Waals surface area (Å²) in [6.45, 7) is 2.71. The molecule has 1 heterocycles. The summed E-state index contributed by atoms with van der Waals surface area (Å²) in [6.07, 6.45) is 3.32. The van der Waals surface area contributed by atoms with Crippen LogP contribution in [-0.4, -0.2) is 49.0 Å². The molecule has 3 amide bonds. The number of carbonyl (C=O) groups is 2. The van der Waals surface area contributed by atoms with Crippen molar-refractivity contribution in [3.05, 3.63) is 15.6 Å². The lowest BCUT2D eigenvalue weighted by Gasteiger charge is -2.26. The molecule has 2 rings (SSSR count). The number of hydrogen-bond donors (Lipinski definition) is 2. The summed E-state index contributed by atoms with van der Waals surface area (Å²) in [5.41, 5.74) is 1.17. The fraction of sp³-hybridized carbons (Fsp3) is 0.643. The van der Waals surface area contributed by atoms with E-state index < -0.39 is 0 Å². The highest BCUT2D eigenvalue weighted by atomic mass is 32.1. The molecule has 6 nitrogen and oxygen atoms in total. The summed E-state index contributed by atoms with van der Waals surface area (Å²) in [4.78, 5) is 30.8. The number of hydrogen-bond acceptors (Lipinski definition) is 4. The first kappa shape index (κ1) is 15.8.